The van der Waals surface area contributed by atoms with Gasteiger partial charge in [0.2, 0.25) is 0 Å². The fraction of sp³-hybridized carbons (Fsp3) is 1.00. The molecular weight excluding hydrogens is 340 g/mol. The molecule has 0 saturated heterocycles. The SMILES string of the molecule is CCCCCCCCCCCCCCCCCCCCCS(=O)OCC. The summed E-state index contributed by atoms with van der Waals surface area (Å²) >= 11 is -1.04. The molecule has 0 aliphatic heterocycles. The monoisotopic (exact) mass is 388 g/mol. The van der Waals surface area contributed by atoms with Crippen LogP contribution in [-0.4, -0.2) is 16.6 Å². The van der Waals surface area contributed by atoms with Crippen LogP contribution < -0.4 is 0 Å². The van der Waals surface area contributed by atoms with E-state index < -0.39 is 11.1 Å². The molecule has 0 heterocycles. The first-order valence-corrected chi connectivity index (χ1v) is 13.1. The van der Waals surface area contributed by atoms with Gasteiger partial charge in [0, 0.05) is 5.75 Å². The van der Waals surface area contributed by atoms with Gasteiger partial charge in [0.05, 0.1) is 6.61 Å². The molecule has 0 amide bonds. The molecule has 0 aromatic carbocycles. The van der Waals surface area contributed by atoms with Gasteiger partial charge in [0.25, 0.3) is 0 Å². The molecule has 0 aliphatic rings. The quantitative estimate of drug-likeness (QED) is 0.175. The minimum absolute atomic E-state index is 0.561. The van der Waals surface area contributed by atoms with Crippen LogP contribution in [0.5, 0.6) is 0 Å². The maximum absolute atomic E-state index is 11.3. The van der Waals surface area contributed by atoms with Crippen LogP contribution in [0.25, 0.3) is 0 Å². The molecule has 1 unspecified atom stereocenters. The van der Waals surface area contributed by atoms with Gasteiger partial charge in [-0.2, -0.15) is 0 Å². The first-order valence-electron chi connectivity index (χ1n) is 11.8. The Morgan fingerprint density at radius 1 is 0.500 bits per heavy atom. The van der Waals surface area contributed by atoms with E-state index in [0.29, 0.717) is 12.4 Å². The maximum atomic E-state index is 11.3. The summed E-state index contributed by atoms with van der Waals surface area (Å²) in [5.41, 5.74) is 0. The van der Waals surface area contributed by atoms with E-state index in [0.717, 1.165) is 6.42 Å². The molecule has 0 spiro atoms. The molecule has 158 valence electrons. The standard InChI is InChI=1S/C23H48O2S/c1-3-5-6-7-8-9-10-11-12-13-14-15-16-17-18-19-20-21-22-23-26(24)25-4-2/h3-23H2,1-2H3. The lowest BCUT2D eigenvalue weighted by atomic mass is 10.0. The third-order valence-electron chi connectivity index (χ3n) is 5.16. The van der Waals surface area contributed by atoms with Crippen LogP contribution in [0.15, 0.2) is 0 Å². The van der Waals surface area contributed by atoms with Gasteiger partial charge >= 0.3 is 0 Å². The van der Waals surface area contributed by atoms with Crippen LogP contribution in [0.1, 0.15) is 136 Å². The lowest BCUT2D eigenvalue weighted by molar-refractivity contribution is 0.370. The van der Waals surface area contributed by atoms with Crippen molar-refractivity contribution < 1.29 is 8.39 Å². The Morgan fingerprint density at radius 3 is 1.12 bits per heavy atom. The molecule has 0 fully saturated rings. The molecule has 2 nitrogen and oxygen atoms in total. The third kappa shape index (κ3) is 22.2. The summed E-state index contributed by atoms with van der Waals surface area (Å²) in [4.78, 5) is 0. The molecule has 0 radical (unpaired) electrons. The van der Waals surface area contributed by atoms with E-state index in [1.54, 1.807) is 0 Å². The molecule has 0 rings (SSSR count). The normalized spacial score (nSPS) is 12.5. The zero-order valence-corrected chi connectivity index (χ0v) is 18.9. The predicted molar refractivity (Wildman–Crippen MR) is 118 cm³/mol. The number of unbranched alkanes of at least 4 members (excludes halogenated alkanes) is 18. The largest absolute Gasteiger partial charge is 0.291 e. The van der Waals surface area contributed by atoms with Gasteiger partial charge in [0.15, 0.2) is 11.1 Å². The van der Waals surface area contributed by atoms with Gasteiger partial charge in [0.1, 0.15) is 0 Å². The van der Waals surface area contributed by atoms with Crippen molar-refractivity contribution in [1.29, 1.82) is 0 Å². The lowest BCUT2D eigenvalue weighted by Gasteiger charge is -2.04. The Hall–Kier alpha value is 0.110. The number of rotatable bonds is 22. The summed E-state index contributed by atoms with van der Waals surface area (Å²) < 4.78 is 16.4. The van der Waals surface area contributed by atoms with E-state index in [1.807, 2.05) is 6.92 Å². The third-order valence-corrected chi connectivity index (χ3v) is 6.28. The second kappa shape index (κ2) is 23.1. The zero-order chi connectivity index (χ0) is 19.1. The summed E-state index contributed by atoms with van der Waals surface area (Å²) in [6.45, 7) is 4.75. The second-order valence-electron chi connectivity index (χ2n) is 7.78. The molecular formula is C23H48O2S. The van der Waals surface area contributed by atoms with Crippen LogP contribution in [0, 0.1) is 0 Å². The van der Waals surface area contributed by atoms with Gasteiger partial charge in [-0.25, -0.2) is 4.21 Å². The first kappa shape index (κ1) is 26.1. The molecule has 0 N–H and O–H groups in total. The molecule has 3 heteroatoms. The molecule has 0 aromatic heterocycles. The lowest BCUT2D eigenvalue weighted by Crippen LogP contribution is -2.01. The summed E-state index contributed by atoms with van der Waals surface area (Å²) in [5, 5.41) is 0. The van der Waals surface area contributed by atoms with E-state index in [1.165, 1.54) is 116 Å². The number of hydrogen-bond donors (Lipinski definition) is 0. The van der Waals surface area contributed by atoms with Crippen molar-refractivity contribution in [2.45, 2.75) is 136 Å². The van der Waals surface area contributed by atoms with Crippen molar-refractivity contribution >= 4 is 11.1 Å². The van der Waals surface area contributed by atoms with Gasteiger partial charge < -0.3 is 0 Å². The van der Waals surface area contributed by atoms with Crippen molar-refractivity contribution in [1.82, 2.24) is 0 Å². The molecule has 0 saturated carbocycles. The minimum atomic E-state index is -1.04. The summed E-state index contributed by atoms with van der Waals surface area (Å²) in [6.07, 6.45) is 26.4. The smallest absolute Gasteiger partial charge is 0.155 e. The van der Waals surface area contributed by atoms with Gasteiger partial charge in [-0.15, -0.1) is 0 Å². The average Bonchev–Trinajstić information content (AvgIpc) is 2.64. The molecule has 0 bridgehead atoms. The zero-order valence-electron chi connectivity index (χ0n) is 18.1. The van der Waals surface area contributed by atoms with Crippen molar-refractivity contribution in [3.05, 3.63) is 0 Å². The maximum Gasteiger partial charge on any atom is 0.155 e. The van der Waals surface area contributed by atoms with Crippen LogP contribution in [0.4, 0.5) is 0 Å². The van der Waals surface area contributed by atoms with E-state index in [2.05, 4.69) is 6.92 Å². The van der Waals surface area contributed by atoms with Crippen molar-refractivity contribution in [2.75, 3.05) is 12.4 Å². The average molecular weight is 389 g/mol. The molecule has 0 aliphatic carbocycles. The Morgan fingerprint density at radius 2 is 0.808 bits per heavy atom. The topological polar surface area (TPSA) is 26.3 Å². The van der Waals surface area contributed by atoms with Crippen molar-refractivity contribution in [3.8, 4) is 0 Å². The van der Waals surface area contributed by atoms with Crippen LogP contribution >= 0.6 is 0 Å². The Bertz CT molecular complexity index is 281. The summed E-state index contributed by atoms with van der Waals surface area (Å²) in [7, 11) is 0. The molecule has 26 heavy (non-hydrogen) atoms. The summed E-state index contributed by atoms with van der Waals surface area (Å²) in [5.74, 6) is 0.715. The highest BCUT2D eigenvalue weighted by Crippen LogP contribution is 2.14. The van der Waals surface area contributed by atoms with E-state index in [-0.39, 0.29) is 0 Å². The number of hydrogen-bond acceptors (Lipinski definition) is 2. The van der Waals surface area contributed by atoms with E-state index >= 15 is 0 Å². The second-order valence-corrected chi connectivity index (χ2v) is 9.03. The highest BCUT2D eigenvalue weighted by Gasteiger charge is 1.99. The minimum Gasteiger partial charge on any atom is -0.291 e. The fourth-order valence-corrected chi connectivity index (χ4v) is 4.31. The highest BCUT2D eigenvalue weighted by atomic mass is 32.2. The van der Waals surface area contributed by atoms with Crippen molar-refractivity contribution in [3.63, 3.8) is 0 Å². The molecule has 0 aromatic rings. The Labute approximate surface area is 167 Å². The Balaban J connectivity index is 3.02. The van der Waals surface area contributed by atoms with Gasteiger partial charge in [-0.05, 0) is 13.3 Å². The Kier molecular flexibility index (Phi) is 23.2. The van der Waals surface area contributed by atoms with Gasteiger partial charge in [-0.1, -0.05) is 122 Å². The fourth-order valence-electron chi connectivity index (χ4n) is 3.49. The first-order chi connectivity index (χ1) is 12.8. The molecule has 1 atom stereocenters. The van der Waals surface area contributed by atoms with Crippen LogP contribution in [-0.2, 0) is 15.3 Å². The van der Waals surface area contributed by atoms with Gasteiger partial charge in [-0.3, -0.25) is 4.18 Å². The van der Waals surface area contributed by atoms with E-state index in [9.17, 15) is 4.21 Å². The summed E-state index contributed by atoms with van der Waals surface area (Å²) in [6, 6.07) is 0. The van der Waals surface area contributed by atoms with E-state index in [4.69, 9.17) is 4.18 Å². The van der Waals surface area contributed by atoms with Crippen LogP contribution in [0.3, 0.4) is 0 Å². The highest BCUT2D eigenvalue weighted by molar-refractivity contribution is 7.80. The van der Waals surface area contributed by atoms with Crippen molar-refractivity contribution in [2.24, 2.45) is 0 Å². The predicted octanol–water partition coefficient (Wildman–Crippen LogP) is 8.12. The van der Waals surface area contributed by atoms with Crippen LogP contribution in [0.2, 0.25) is 0 Å².